The molecule has 2 N–H and O–H groups in total. The Kier molecular flexibility index (Phi) is 6.32. The van der Waals surface area contributed by atoms with Crippen LogP contribution in [0.15, 0.2) is 60.3 Å². The van der Waals surface area contributed by atoms with Crippen molar-refractivity contribution in [2.75, 3.05) is 11.9 Å². The van der Waals surface area contributed by atoms with Crippen LogP contribution in [0, 0.1) is 19.7 Å². The number of para-hydroxylation sites is 1. The molecular formula is C26H25FN4O3. The summed E-state index contributed by atoms with van der Waals surface area (Å²) in [7, 11) is 0. The number of amides is 4. The van der Waals surface area contributed by atoms with Gasteiger partial charge in [0.05, 0.1) is 0 Å². The fraction of sp³-hybridized carbons (Fsp3) is 0.192. The quantitative estimate of drug-likeness (QED) is 0.424. The first kappa shape index (κ1) is 23.0. The number of anilines is 1. The van der Waals surface area contributed by atoms with Crippen LogP contribution in [0.1, 0.15) is 29.4 Å². The number of aromatic nitrogens is 1. The molecular weight excluding hydrogens is 435 g/mol. The van der Waals surface area contributed by atoms with E-state index < -0.39 is 24.4 Å². The SMILES string of the molecule is CCc1ccccc1NC(=O)CN1C(=O)N/C(=C/c2cc(C)n(-c3cccc(F)c3)c2C)C1=O. The minimum absolute atomic E-state index is 0.0752. The van der Waals surface area contributed by atoms with E-state index in [9.17, 15) is 18.8 Å². The lowest BCUT2D eigenvalue weighted by Gasteiger charge is -2.13. The van der Waals surface area contributed by atoms with Crippen LogP contribution in [0.3, 0.4) is 0 Å². The summed E-state index contributed by atoms with van der Waals surface area (Å²) in [5.74, 6) is -1.40. The molecule has 34 heavy (non-hydrogen) atoms. The third-order valence-electron chi connectivity index (χ3n) is 5.77. The molecule has 0 unspecified atom stereocenters. The number of urea groups is 1. The maximum absolute atomic E-state index is 13.7. The third-order valence-corrected chi connectivity index (χ3v) is 5.77. The molecule has 7 nitrogen and oxygen atoms in total. The molecule has 0 spiro atoms. The fourth-order valence-corrected chi connectivity index (χ4v) is 4.10. The summed E-state index contributed by atoms with van der Waals surface area (Å²) in [4.78, 5) is 38.7. The molecule has 8 heteroatoms. The van der Waals surface area contributed by atoms with Gasteiger partial charge in [-0.1, -0.05) is 31.2 Å². The summed E-state index contributed by atoms with van der Waals surface area (Å²) in [6.45, 7) is 5.30. The first-order valence-corrected chi connectivity index (χ1v) is 11.0. The van der Waals surface area contributed by atoms with Crippen molar-refractivity contribution in [2.24, 2.45) is 0 Å². The molecule has 2 heterocycles. The fourth-order valence-electron chi connectivity index (χ4n) is 4.10. The van der Waals surface area contributed by atoms with E-state index in [1.807, 2.05) is 49.6 Å². The van der Waals surface area contributed by atoms with Crippen molar-refractivity contribution in [2.45, 2.75) is 27.2 Å². The number of carbonyl (C=O) groups excluding carboxylic acids is 3. The standard InChI is InChI=1S/C26H25FN4O3/c1-4-18-8-5-6-11-22(18)28-24(32)15-30-25(33)23(29-26(30)34)13-19-12-16(2)31(17(19)3)21-10-7-9-20(27)14-21/h5-14H,4,15H2,1-3H3,(H,28,32)(H,29,34)/b23-13+. The number of aryl methyl sites for hydroxylation is 2. The van der Waals surface area contributed by atoms with Crippen molar-refractivity contribution in [3.8, 4) is 5.69 Å². The van der Waals surface area contributed by atoms with Gasteiger partial charge in [-0.05, 0) is 67.8 Å². The third kappa shape index (κ3) is 4.47. The number of nitrogens with one attached hydrogen (secondary N) is 2. The number of rotatable bonds is 6. The average molecular weight is 461 g/mol. The first-order valence-electron chi connectivity index (χ1n) is 11.0. The van der Waals surface area contributed by atoms with Gasteiger partial charge in [0.25, 0.3) is 5.91 Å². The number of hydrogen-bond acceptors (Lipinski definition) is 3. The van der Waals surface area contributed by atoms with Crippen molar-refractivity contribution in [1.82, 2.24) is 14.8 Å². The Morgan fingerprint density at radius 1 is 1.09 bits per heavy atom. The van der Waals surface area contributed by atoms with Crippen molar-refractivity contribution in [3.63, 3.8) is 0 Å². The van der Waals surface area contributed by atoms with Gasteiger partial charge >= 0.3 is 6.03 Å². The maximum Gasteiger partial charge on any atom is 0.329 e. The van der Waals surface area contributed by atoms with E-state index >= 15 is 0 Å². The highest BCUT2D eigenvalue weighted by Crippen LogP contribution is 2.24. The second kappa shape index (κ2) is 9.35. The largest absolute Gasteiger partial charge is 0.329 e. The molecule has 3 aromatic rings. The van der Waals surface area contributed by atoms with E-state index in [-0.39, 0.29) is 11.5 Å². The van der Waals surface area contributed by atoms with Gasteiger partial charge in [0.15, 0.2) is 0 Å². The molecule has 0 radical (unpaired) electrons. The Hall–Kier alpha value is -4.20. The minimum Gasteiger partial charge on any atom is -0.324 e. The van der Waals surface area contributed by atoms with Gasteiger partial charge in [-0.15, -0.1) is 0 Å². The van der Waals surface area contributed by atoms with E-state index in [0.29, 0.717) is 16.9 Å². The lowest BCUT2D eigenvalue weighted by atomic mass is 10.1. The second-order valence-corrected chi connectivity index (χ2v) is 8.08. The predicted molar refractivity (Wildman–Crippen MR) is 128 cm³/mol. The zero-order valence-corrected chi connectivity index (χ0v) is 19.2. The Morgan fingerprint density at radius 2 is 1.85 bits per heavy atom. The predicted octanol–water partition coefficient (Wildman–Crippen LogP) is 4.33. The molecule has 1 saturated heterocycles. The van der Waals surface area contributed by atoms with E-state index in [2.05, 4.69) is 10.6 Å². The molecule has 4 amide bonds. The molecule has 1 aromatic heterocycles. The number of carbonyl (C=O) groups is 3. The van der Waals surface area contributed by atoms with Crippen molar-refractivity contribution in [3.05, 3.63) is 88.6 Å². The van der Waals surface area contributed by atoms with Crippen LogP contribution >= 0.6 is 0 Å². The van der Waals surface area contributed by atoms with E-state index in [1.54, 1.807) is 24.3 Å². The molecule has 0 atom stereocenters. The van der Waals surface area contributed by atoms with Gasteiger partial charge < -0.3 is 15.2 Å². The van der Waals surface area contributed by atoms with E-state index in [1.165, 1.54) is 12.1 Å². The number of hydrogen-bond donors (Lipinski definition) is 2. The molecule has 2 aromatic carbocycles. The highest BCUT2D eigenvalue weighted by molar-refractivity contribution is 6.16. The molecule has 174 valence electrons. The van der Waals surface area contributed by atoms with Crippen LogP contribution in [-0.4, -0.2) is 33.9 Å². The van der Waals surface area contributed by atoms with Gasteiger partial charge in [0, 0.05) is 22.8 Å². The van der Waals surface area contributed by atoms with E-state index in [4.69, 9.17) is 0 Å². The summed E-state index contributed by atoms with van der Waals surface area (Å²) in [5.41, 5.74) is 4.68. The monoisotopic (exact) mass is 460 g/mol. The Bertz CT molecular complexity index is 1330. The van der Waals surface area contributed by atoms with E-state index in [0.717, 1.165) is 28.3 Å². The summed E-state index contributed by atoms with van der Waals surface area (Å²) < 4.78 is 15.6. The number of nitrogens with zero attached hydrogens (tertiary/aromatic N) is 2. The van der Waals surface area contributed by atoms with Crippen molar-refractivity contribution >= 4 is 29.6 Å². The zero-order chi connectivity index (χ0) is 24.4. The summed E-state index contributed by atoms with van der Waals surface area (Å²) in [5, 5.41) is 5.32. The zero-order valence-electron chi connectivity index (χ0n) is 19.2. The Labute approximate surface area is 196 Å². The van der Waals surface area contributed by atoms with Gasteiger partial charge in [0.2, 0.25) is 5.91 Å². The lowest BCUT2D eigenvalue weighted by Crippen LogP contribution is -2.38. The molecule has 0 aliphatic carbocycles. The molecule has 1 aliphatic heterocycles. The first-order chi connectivity index (χ1) is 16.3. The number of benzene rings is 2. The van der Waals surface area contributed by atoms with Gasteiger partial charge in [-0.2, -0.15) is 0 Å². The highest BCUT2D eigenvalue weighted by Gasteiger charge is 2.35. The lowest BCUT2D eigenvalue weighted by molar-refractivity contribution is -0.127. The Morgan fingerprint density at radius 3 is 2.59 bits per heavy atom. The van der Waals surface area contributed by atoms with Crippen LogP contribution in [0.5, 0.6) is 0 Å². The highest BCUT2D eigenvalue weighted by atomic mass is 19.1. The van der Waals surface area contributed by atoms with Crippen LogP contribution in [0.25, 0.3) is 11.8 Å². The van der Waals surface area contributed by atoms with Crippen LogP contribution < -0.4 is 10.6 Å². The minimum atomic E-state index is -0.658. The van der Waals surface area contributed by atoms with Crippen molar-refractivity contribution < 1.29 is 18.8 Å². The smallest absolute Gasteiger partial charge is 0.324 e. The van der Waals surface area contributed by atoms with Gasteiger partial charge in [0.1, 0.15) is 18.1 Å². The molecule has 0 bridgehead atoms. The summed E-state index contributed by atoms with van der Waals surface area (Å²) in [6.07, 6.45) is 2.31. The Balaban J connectivity index is 1.53. The number of halogens is 1. The van der Waals surface area contributed by atoms with Crippen LogP contribution in [0.4, 0.5) is 14.9 Å². The normalized spacial score (nSPS) is 14.6. The average Bonchev–Trinajstić information content (AvgIpc) is 3.23. The number of imide groups is 1. The summed E-state index contributed by atoms with van der Waals surface area (Å²) >= 11 is 0. The van der Waals surface area contributed by atoms with Crippen molar-refractivity contribution in [1.29, 1.82) is 0 Å². The van der Waals surface area contributed by atoms with Gasteiger partial charge in [-0.25, -0.2) is 14.1 Å². The maximum atomic E-state index is 13.7. The second-order valence-electron chi connectivity index (χ2n) is 8.08. The topological polar surface area (TPSA) is 83.4 Å². The molecule has 1 aliphatic rings. The van der Waals surface area contributed by atoms with Crippen LogP contribution in [-0.2, 0) is 16.0 Å². The van der Waals surface area contributed by atoms with Gasteiger partial charge in [-0.3, -0.25) is 9.59 Å². The molecule has 4 rings (SSSR count). The molecule has 1 fully saturated rings. The summed E-state index contributed by atoms with van der Waals surface area (Å²) in [6, 6.07) is 14.8. The molecule has 0 saturated carbocycles. The van der Waals surface area contributed by atoms with Crippen LogP contribution in [0.2, 0.25) is 0 Å².